The van der Waals surface area contributed by atoms with Crippen LogP contribution in [0.4, 0.5) is 0 Å². The zero-order valence-electron chi connectivity index (χ0n) is 15.8. The molecule has 2 aliphatic heterocycles. The van der Waals surface area contributed by atoms with Gasteiger partial charge in [-0.25, -0.2) is 0 Å². The van der Waals surface area contributed by atoms with Crippen molar-refractivity contribution in [1.29, 1.82) is 0 Å². The van der Waals surface area contributed by atoms with Crippen molar-refractivity contribution in [3.8, 4) is 0 Å². The van der Waals surface area contributed by atoms with Crippen LogP contribution in [0.3, 0.4) is 0 Å². The highest BCUT2D eigenvalue weighted by molar-refractivity contribution is 14.0. The Labute approximate surface area is 174 Å². The van der Waals surface area contributed by atoms with Crippen LogP contribution in [0.1, 0.15) is 51.2 Å². The summed E-state index contributed by atoms with van der Waals surface area (Å²) < 4.78 is 11.8. The monoisotopic (exact) mass is 473 g/mol. The maximum atomic E-state index is 5.91. The molecule has 4 unspecified atom stereocenters. The molecular weight excluding hydrogens is 441 g/mol. The van der Waals surface area contributed by atoms with E-state index in [9.17, 15) is 0 Å². The molecule has 6 heteroatoms. The predicted octanol–water partition coefficient (Wildman–Crippen LogP) is 3.65. The van der Waals surface area contributed by atoms with E-state index in [1.165, 1.54) is 18.4 Å². The van der Waals surface area contributed by atoms with E-state index in [-0.39, 0.29) is 30.1 Å². The normalized spacial score (nSPS) is 25.6. The fraction of sp³-hybridized carbons (Fsp3) is 0.650. The molecule has 2 N–H and O–H groups in total. The van der Waals surface area contributed by atoms with E-state index in [2.05, 4.69) is 41.6 Å². The van der Waals surface area contributed by atoms with Gasteiger partial charge in [-0.2, -0.15) is 0 Å². The van der Waals surface area contributed by atoms with E-state index >= 15 is 0 Å². The Balaban J connectivity index is 0.00000243. The van der Waals surface area contributed by atoms with Gasteiger partial charge in [-0.15, -0.1) is 24.0 Å². The quantitative estimate of drug-likeness (QED) is 0.262. The number of halogens is 1. The molecule has 0 radical (unpaired) electrons. The smallest absolute Gasteiger partial charge is 0.191 e. The molecule has 2 bridgehead atoms. The third-order valence-corrected chi connectivity index (χ3v) is 4.98. The Morgan fingerprint density at radius 3 is 2.77 bits per heavy atom. The molecule has 4 atom stereocenters. The summed E-state index contributed by atoms with van der Waals surface area (Å²) in [6.07, 6.45) is 5.36. The fourth-order valence-corrected chi connectivity index (χ4v) is 3.62. The number of guanidine groups is 1. The summed E-state index contributed by atoms with van der Waals surface area (Å²) in [5.74, 6) is 0.903. The van der Waals surface area contributed by atoms with Gasteiger partial charge >= 0.3 is 0 Å². The van der Waals surface area contributed by atoms with Crippen molar-refractivity contribution in [3.05, 3.63) is 35.9 Å². The van der Waals surface area contributed by atoms with Crippen LogP contribution in [0.25, 0.3) is 0 Å². The minimum Gasteiger partial charge on any atom is -0.374 e. The van der Waals surface area contributed by atoms with Crippen molar-refractivity contribution in [2.75, 3.05) is 19.7 Å². The van der Waals surface area contributed by atoms with Crippen molar-refractivity contribution < 1.29 is 9.47 Å². The summed E-state index contributed by atoms with van der Waals surface area (Å²) in [6, 6.07) is 10.7. The van der Waals surface area contributed by atoms with E-state index in [1.54, 1.807) is 0 Å². The van der Waals surface area contributed by atoms with E-state index < -0.39 is 0 Å². The van der Waals surface area contributed by atoms with Gasteiger partial charge in [-0.1, -0.05) is 30.3 Å². The Morgan fingerprint density at radius 1 is 1.31 bits per heavy atom. The fourth-order valence-electron chi connectivity index (χ4n) is 3.62. The van der Waals surface area contributed by atoms with E-state index in [0.29, 0.717) is 18.2 Å². The number of hydrogen-bond acceptors (Lipinski definition) is 3. The molecule has 2 fully saturated rings. The second kappa shape index (κ2) is 11.1. The van der Waals surface area contributed by atoms with Crippen LogP contribution in [0.15, 0.2) is 35.3 Å². The second-order valence-electron chi connectivity index (χ2n) is 6.90. The van der Waals surface area contributed by atoms with Crippen LogP contribution in [0.5, 0.6) is 0 Å². The van der Waals surface area contributed by atoms with Gasteiger partial charge in [0, 0.05) is 19.7 Å². The lowest BCUT2D eigenvalue weighted by Crippen LogP contribution is -2.47. The molecule has 2 saturated heterocycles. The number of ether oxygens (including phenoxy) is 2. The third-order valence-electron chi connectivity index (χ3n) is 4.98. The van der Waals surface area contributed by atoms with Crippen LogP contribution in [0.2, 0.25) is 0 Å². The number of hydrogen-bond donors (Lipinski definition) is 2. The Hall–Kier alpha value is -0.860. The number of rotatable bonds is 8. The highest BCUT2D eigenvalue weighted by Gasteiger charge is 2.41. The Morgan fingerprint density at radius 2 is 2.12 bits per heavy atom. The summed E-state index contributed by atoms with van der Waals surface area (Å²) >= 11 is 0. The topological polar surface area (TPSA) is 54.9 Å². The molecular formula is C20H32IN3O2. The molecule has 0 spiro atoms. The van der Waals surface area contributed by atoms with Crippen molar-refractivity contribution in [2.24, 2.45) is 4.99 Å². The Kier molecular flexibility index (Phi) is 9.15. The molecule has 0 saturated carbocycles. The maximum absolute atomic E-state index is 5.91. The molecule has 26 heavy (non-hydrogen) atoms. The Bertz CT molecular complexity index is 555. The van der Waals surface area contributed by atoms with Gasteiger partial charge in [0.15, 0.2) is 5.96 Å². The zero-order chi connectivity index (χ0) is 17.5. The van der Waals surface area contributed by atoms with Crippen LogP contribution >= 0.6 is 24.0 Å². The highest BCUT2D eigenvalue weighted by Crippen LogP contribution is 2.34. The van der Waals surface area contributed by atoms with Crippen molar-refractivity contribution in [2.45, 2.75) is 63.9 Å². The third kappa shape index (κ3) is 6.09. The van der Waals surface area contributed by atoms with E-state index in [0.717, 1.165) is 38.5 Å². The summed E-state index contributed by atoms with van der Waals surface area (Å²) in [7, 11) is 0. The average molecular weight is 473 g/mol. The maximum Gasteiger partial charge on any atom is 0.191 e. The SMILES string of the molecule is CCNC(=NCCCOC(C)c1ccccc1)NC1CC2CCC1O2.I. The number of nitrogens with zero attached hydrogens (tertiary/aromatic N) is 1. The minimum absolute atomic E-state index is 0. The summed E-state index contributed by atoms with van der Waals surface area (Å²) in [5.41, 5.74) is 1.22. The second-order valence-corrected chi connectivity index (χ2v) is 6.90. The first kappa shape index (κ1) is 21.4. The number of nitrogens with one attached hydrogen (secondary N) is 2. The molecule has 0 aromatic heterocycles. The lowest BCUT2D eigenvalue weighted by atomic mass is 9.96. The lowest BCUT2D eigenvalue weighted by molar-refractivity contribution is 0.0652. The van der Waals surface area contributed by atoms with E-state index in [1.807, 2.05) is 18.2 Å². The van der Waals surface area contributed by atoms with Crippen molar-refractivity contribution >= 4 is 29.9 Å². The van der Waals surface area contributed by atoms with Crippen molar-refractivity contribution in [1.82, 2.24) is 10.6 Å². The van der Waals surface area contributed by atoms with Gasteiger partial charge in [-0.3, -0.25) is 4.99 Å². The molecule has 1 aromatic carbocycles. The molecule has 3 rings (SSSR count). The van der Waals surface area contributed by atoms with Gasteiger partial charge in [0.2, 0.25) is 0 Å². The van der Waals surface area contributed by atoms with E-state index in [4.69, 9.17) is 9.47 Å². The van der Waals surface area contributed by atoms with Gasteiger partial charge in [0.05, 0.1) is 24.4 Å². The molecule has 2 aliphatic rings. The average Bonchev–Trinajstić information content (AvgIpc) is 3.25. The minimum atomic E-state index is 0. The summed E-state index contributed by atoms with van der Waals surface area (Å²) in [4.78, 5) is 4.69. The van der Waals surface area contributed by atoms with Crippen LogP contribution in [0, 0.1) is 0 Å². The number of aliphatic imine (C=N–C) groups is 1. The first-order valence-corrected chi connectivity index (χ1v) is 9.63. The lowest BCUT2D eigenvalue weighted by Gasteiger charge is -2.22. The zero-order valence-corrected chi connectivity index (χ0v) is 18.1. The largest absolute Gasteiger partial charge is 0.374 e. The van der Waals surface area contributed by atoms with Gasteiger partial charge < -0.3 is 20.1 Å². The molecule has 146 valence electrons. The highest BCUT2D eigenvalue weighted by atomic mass is 127. The first-order valence-electron chi connectivity index (χ1n) is 9.63. The van der Waals surface area contributed by atoms with Crippen LogP contribution in [-0.4, -0.2) is 43.9 Å². The summed E-state index contributed by atoms with van der Waals surface area (Å²) in [5, 5.41) is 6.88. The van der Waals surface area contributed by atoms with Crippen molar-refractivity contribution in [3.63, 3.8) is 0 Å². The molecule has 0 amide bonds. The first-order chi connectivity index (χ1) is 12.3. The van der Waals surface area contributed by atoms with Crippen LogP contribution in [-0.2, 0) is 9.47 Å². The standard InChI is InChI=1S/C20H31N3O2.HI/c1-3-21-20(23-18-14-17-10-11-19(18)25-17)22-12-7-13-24-15(2)16-8-5-4-6-9-16;/h4-6,8-9,15,17-19H,3,7,10-14H2,1-2H3,(H2,21,22,23);1H. The number of benzene rings is 1. The van der Waals surface area contributed by atoms with Gasteiger partial charge in [-0.05, 0) is 45.1 Å². The van der Waals surface area contributed by atoms with Gasteiger partial charge in [0.25, 0.3) is 0 Å². The summed E-state index contributed by atoms with van der Waals surface area (Å²) in [6.45, 7) is 6.54. The molecule has 2 heterocycles. The molecule has 0 aliphatic carbocycles. The molecule has 1 aromatic rings. The molecule has 5 nitrogen and oxygen atoms in total. The van der Waals surface area contributed by atoms with Gasteiger partial charge in [0.1, 0.15) is 0 Å². The number of fused-ring (bicyclic) bond motifs is 2. The predicted molar refractivity (Wildman–Crippen MR) is 116 cm³/mol. The van der Waals surface area contributed by atoms with Crippen LogP contribution < -0.4 is 10.6 Å².